The topological polar surface area (TPSA) is 85.0 Å². The molecule has 0 bridgehead atoms. The molecule has 3 heterocycles. The van der Waals surface area contributed by atoms with E-state index in [1.54, 1.807) is 4.52 Å². The highest BCUT2D eigenvalue weighted by atomic mass is 19.1. The van der Waals surface area contributed by atoms with Gasteiger partial charge >= 0.3 is 0 Å². The van der Waals surface area contributed by atoms with Gasteiger partial charge in [-0.25, -0.2) is 13.9 Å². The zero-order valence-electron chi connectivity index (χ0n) is 14.3. The summed E-state index contributed by atoms with van der Waals surface area (Å²) in [6, 6.07) is 7.53. The van der Waals surface area contributed by atoms with Crippen molar-refractivity contribution in [1.29, 1.82) is 0 Å². The Bertz CT molecular complexity index is 1040. The molecule has 132 valence electrons. The summed E-state index contributed by atoms with van der Waals surface area (Å²) in [5, 5.41) is 9.76. The number of hydrogen-bond donors (Lipinski definition) is 0. The predicted molar refractivity (Wildman–Crippen MR) is 89.5 cm³/mol. The van der Waals surface area contributed by atoms with E-state index in [-0.39, 0.29) is 23.4 Å². The third-order valence-electron chi connectivity index (χ3n) is 3.91. The molecule has 4 rings (SSSR count). The molecule has 0 fully saturated rings. The van der Waals surface area contributed by atoms with Crippen molar-refractivity contribution < 1.29 is 13.9 Å². The zero-order valence-corrected chi connectivity index (χ0v) is 14.3. The van der Waals surface area contributed by atoms with E-state index in [1.807, 2.05) is 19.9 Å². The summed E-state index contributed by atoms with van der Waals surface area (Å²) in [6.07, 6.45) is -0.908. The molecular formula is C17H15FN6O2. The zero-order chi connectivity index (χ0) is 18.4. The summed E-state index contributed by atoms with van der Waals surface area (Å²) in [5.41, 5.74) is 2.22. The highest BCUT2D eigenvalue weighted by Crippen LogP contribution is 2.28. The van der Waals surface area contributed by atoms with Gasteiger partial charge in [-0.15, -0.1) is 10.2 Å². The quantitative estimate of drug-likeness (QED) is 0.704. The normalized spacial score (nSPS) is 16.7. The number of hydrogen-bond acceptors (Lipinski definition) is 6. The van der Waals surface area contributed by atoms with Gasteiger partial charge in [0, 0.05) is 23.9 Å². The number of nitrogens with zero attached hydrogens (tertiary/aromatic N) is 6. The van der Waals surface area contributed by atoms with Crippen molar-refractivity contribution in [3.8, 4) is 0 Å². The van der Waals surface area contributed by atoms with E-state index < -0.39 is 6.23 Å². The second kappa shape index (κ2) is 5.87. The first-order valence-electron chi connectivity index (χ1n) is 7.94. The molecule has 9 heteroatoms. The van der Waals surface area contributed by atoms with Crippen molar-refractivity contribution in [2.45, 2.75) is 27.0 Å². The highest BCUT2D eigenvalue weighted by Gasteiger charge is 2.36. The lowest BCUT2D eigenvalue weighted by Crippen LogP contribution is -2.26. The van der Waals surface area contributed by atoms with E-state index in [1.165, 1.54) is 31.2 Å². The number of benzene rings is 1. The van der Waals surface area contributed by atoms with E-state index in [0.29, 0.717) is 11.3 Å². The summed E-state index contributed by atoms with van der Waals surface area (Å²) >= 11 is 0. The maximum absolute atomic E-state index is 13.1. The Labute approximate surface area is 147 Å². The van der Waals surface area contributed by atoms with Crippen LogP contribution in [0.25, 0.3) is 5.78 Å². The fourth-order valence-corrected chi connectivity index (χ4v) is 2.73. The van der Waals surface area contributed by atoms with Crippen LogP contribution in [0.5, 0.6) is 0 Å². The summed E-state index contributed by atoms with van der Waals surface area (Å²) in [5.74, 6) is 0.185. The average Bonchev–Trinajstić information content (AvgIpc) is 3.19. The predicted octanol–water partition coefficient (Wildman–Crippen LogP) is 2.12. The molecule has 1 atom stereocenters. The Kier molecular flexibility index (Phi) is 3.64. The summed E-state index contributed by atoms with van der Waals surface area (Å²) in [4.78, 5) is 20.7. The molecule has 0 spiro atoms. The Balaban J connectivity index is 1.73. The van der Waals surface area contributed by atoms with Crippen LogP contribution in [0.15, 0.2) is 35.4 Å². The Hall–Kier alpha value is -3.36. The van der Waals surface area contributed by atoms with Gasteiger partial charge < -0.3 is 4.74 Å². The summed E-state index contributed by atoms with van der Waals surface area (Å²) < 4.78 is 20.5. The van der Waals surface area contributed by atoms with E-state index in [2.05, 4.69) is 20.2 Å². The van der Waals surface area contributed by atoms with Gasteiger partial charge in [0.1, 0.15) is 5.82 Å². The number of rotatable bonds is 2. The molecule has 1 aliphatic heterocycles. The van der Waals surface area contributed by atoms with Gasteiger partial charge in [-0.1, -0.05) is 0 Å². The first-order chi connectivity index (χ1) is 12.4. The number of ether oxygens (including phenoxy) is 1. The molecule has 0 saturated carbocycles. The SMILES string of the molecule is CC(=O)N1N=C(c2ccc(F)cc2)OC1c1nc2nc(C)cc(C)n2n1. The lowest BCUT2D eigenvalue weighted by Gasteiger charge is -2.15. The monoisotopic (exact) mass is 354 g/mol. The average molecular weight is 354 g/mol. The van der Waals surface area contributed by atoms with Crippen molar-refractivity contribution in [3.05, 3.63) is 58.9 Å². The molecule has 1 amide bonds. The lowest BCUT2D eigenvalue weighted by atomic mass is 10.2. The highest BCUT2D eigenvalue weighted by molar-refractivity contribution is 5.96. The van der Waals surface area contributed by atoms with Crippen LogP contribution in [-0.4, -0.2) is 36.4 Å². The third kappa shape index (κ3) is 2.67. The Morgan fingerprint density at radius 2 is 1.92 bits per heavy atom. The van der Waals surface area contributed by atoms with Crippen molar-refractivity contribution in [3.63, 3.8) is 0 Å². The second-order valence-electron chi connectivity index (χ2n) is 5.97. The van der Waals surface area contributed by atoms with E-state index in [0.717, 1.165) is 16.4 Å². The number of carbonyl (C=O) groups is 1. The van der Waals surface area contributed by atoms with Crippen molar-refractivity contribution >= 4 is 17.6 Å². The molecule has 1 aromatic carbocycles. The molecule has 1 unspecified atom stereocenters. The van der Waals surface area contributed by atoms with Gasteiger partial charge in [0.2, 0.25) is 17.6 Å². The minimum atomic E-state index is -0.908. The van der Waals surface area contributed by atoms with Gasteiger partial charge in [-0.2, -0.15) is 9.99 Å². The number of amides is 1. The van der Waals surface area contributed by atoms with Crippen LogP contribution < -0.4 is 0 Å². The fraction of sp³-hybridized carbons (Fsp3) is 0.235. The summed E-state index contributed by atoms with van der Waals surface area (Å²) in [6.45, 7) is 5.13. The van der Waals surface area contributed by atoms with Crippen LogP contribution in [0.3, 0.4) is 0 Å². The van der Waals surface area contributed by atoms with Gasteiger partial charge in [-0.3, -0.25) is 4.79 Å². The van der Waals surface area contributed by atoms with Crippen molar-refractivity contribution in [2.75, 3.05) is 0 Å². The fourth-order valence-electron chi connectivity index (χ4n) is 2.73. The Morgan fingerprint density at radius 1 is 1.19 bits per heavy atom. The van der Waals surface area contributed by atoms with E-state index >= 15 is 0 Å². The maximum Gasteiger partial charge on any atom is 0.258 e. The van der Waals surface area contributed by atoms with Gasteiger partial charge in [0.25, 0.3) is 12.0 Å². The molecule has 0 saturated heterocycles. The molecular weight excluding hydrogens is 339 g/mol. The van der Waals surface area contributed by atoms with Crippen LogP contribution in [-0.2, 0) is 9.53 Å². The molecule has 3 aromatic rings. The number of carbonyl (C=O) groups excluding carboxylic acids is 1. The molecule has 0 N–H and O–H groups in total. The number of aromatic nitrogens is 4. The van der Waals surface area contributed by atoms with Crippen molar-refractivity contribution in [1.82, 2.24) is 24.6 Å². The minimum absolute atomic E-state index is 0.199. The first-order valence-corrected chi connectivity index (χ1v) is 7.94. The number of fused-ring (bicyclic) bond motifs is 1. The number of hydrazone groups is 1. The standard InChI is InChI=1S/C17H15FN6O2/c1-9-8-10(2)23-17(19-9)20-14(21-23)16-24(11(3)25)22-15(26-16)12-4-6-13(18)7-5-12/h4-8,16H,1-3H3. The molecule has 8 nitrogen and oxygen atoms in total. The van der Waals surface area contributed by atoms with Crippen LogP contribution in [0, 0.1) is 19.7 Å². The van der Waals surface area contributed by atoms with Crippen LogP contribution >= 0.6 is 0 Å². The molecule has 26 heavy (non-hydrogen) atoms. The number of aryl methyl sites for hydroxylation is 2. The van der Waals surface area contributed by atoms with Gasteiger partial charge in [0.15, 0.2) is 0 Å². The second-order valence-corrected chi connectivity index (χ2v) is 5.97. The van der Waals surface area contributed by atoms with E-state index in [4.69, 9.17) is 4.74 Å². The van der Waals surface area contributed by atoms with Gasteiger partial charge in [-0.05, 0) is 44.2 Å². The van der Waals surface area contributed by atoms with Crippen molar-refractivity contribution in [2.24, 2.45) is 5.10 Å². The first kappa shape index (κ1) is 16.1. The molecule has 2 aromatic heterocycles. The lowest BCUT2D eigenvalue weighted by molar-refractivity contribution is -0.135. The largest absolute Gasteiger partial charge is 0.442 e. The number of halogens is 1. The van der Waals surface area contributed by atoms with Crippen LogP contribution in [0.4, 0.5) is 4.39 Å². The minimum Gasteiger partial charge on any atom is -0.442 e. The van der Waals surface area contributed by atoms with Gasteiger partial charge in [0.05, 0.1) is 0 Å². The summed E-state index contributed by atoms with van der Waals surface area (Å²) in [7, 11) is 0. The molecule has 0 radical (unpaired) electrons. The smallest absolute Gasteiger partial charge is 0.258 e. The Morgan fingerprint density at radius 3 is 2.62 bits per heavy atom. The van der Waals surface area contributed by atoms with Crippen LogP contribution in [0.2, 0.25) is 0 Å². The third-order valence-corrected chi connectivity index (χ3v) is 3.91. The molecule has 1 aliphatic rings. The molecule has 0 aliphatic carbocycles. The van der Waals surface area contributed by atoms with E-state index in [9.17, 15) is 9.18 Å². The maximum atomic E-state index is 13.1. The van der Waals surface area contributed by atoms with Crippen LogP contribution in [0.1, 0.15) is 35.9 Å².